The van der Waals surface area contributed by atoms with Crippen molar-refractivity contribution in [1.29, 1.82) is 0 Å². The summed E-state index contributed by atoms with van der Waals surface area (Å²) in [6, 6.07) is 27.9. The molecule has 1 N–H and O–H groups in total. The van der Waals surface area contributed by atoms with Crippen LogP contribution in [0.4, 0.5) is 4.39 Å². The number of aromatic nitrogens is 14. The van der Waals surface area contributed by atoms with Crippen LogP contribution < -0.4 is 9.47 Å². The minimum absolute atomic E-state index is 0.0143. The molecule has 0 spiro atoms. The summed E-state index contributed by atoms with van der Waals surface area (Å²) in [7, 11) is -8.97. The average molecular weight is 1740 g/mol. The number of alkyl halides is 1. The largest absolute Gasteiger partial charge is 0.489 e. The second-order valence-electron chi connectivity index (χ2n) is 37.4. The Morgan fingerprint density at radius 3 is 1.16 bits per heavy atom. The van der Waals surface area contributed by atoms with E-state index in [-0.39, 0.29) is 119 Å². The maximum atomic E-state index is 13.2. The second-order valence-corrected chi connectivity index (χ2v) is 43.6. The molecule has 18 rings (SSSR count). The molecule has 0 bridgehead atoms. The Morgan fingerprint density at radius 1 is 0.452 bits per heavy atom. The van der Waals surface area contributed by atoms with Gasteiger partial charge in [0.05, 0.1) is 81.2 Å². The fourth-order valence-corrected chi connectivity index (χ4v) is 24.3. The van der Waals surface area contributed by atoms with Gasteiger partial charge in [-0.3, -0.25) is 67.8 Å². The molecule has 3 saturated heterocycles. The maximum absolute atomic E-state index is 13.2. The maximum Gasteiger partial charge on any atom is 0.235 e. The van der Waals surface area contributed by atoms with Crippen LogP contribution in [0, 0.1) is 29.1 Å². The number of nitrogens with zero attached hydrogens (tertiary/aromatic N) is 14. The van der Waals surface area contributed by atoms with Crippen molar-refractivity contribution in [3.05, 3.63) is 168 Å². The number of hydrogen-bond donors (Lipinski definition) is 1. The summed E-state index contributed by atoms with van der Waals surface area (Å²) >= 11 is 0. The Bertz CT molecular complexity index is 6520. The fourth-order valence-electron chi connectivity index (χ4n) is 17.6. The van der Waals surface area contributed by atoms with Crippen LogP contribution in [0.3, 0.4) is 0 Å². The van der Waals surface area contributed by atoms with Crippen molar-refractivity contribution in [1.82, 2.24) is 69.0 Å². The van der Waals surface area contributed by atoms with E-state index >= 15 is 0 Å². The molecule has 0 radical (unpaired) electrons. The van der Waals surface area contributed by atoms with Gasteiger partial charge in [-0.2, -0.15) is 20.4 Å². The van der Waals surface area contributed by atoms with Gasteiger partial charge in [-0.15, -0.1) is 0 Å². The highest BCUT2D eigenvalue weighted by atomic mass is 32.2. The lowest BCUT2D eigenvalue weighted by Crippen LogP contribution is -2.47. The van der Waals surface area contributed by atoms with Crippen LogP contribution in [0.15, 0.2) is 135 Å². The van der Waals surface area contributed by atoms with Gasteiger partial charge in [0.15, 0.2) is 52.6 Å². The molecule has 3 saturated carbocycles. The molecule has 6 fully saturated rings. The van der Waals surface area contributed by atoms with E-state index in [0.29, 0.717) is 68.2 Å². The first kappa shape index (κ1) is 88.1. The number of Topliss-reactive ketones (excluding diaryl/α,β-unsaturated/α-hetero) is 4. The van der Waals surface area contributed by atoms with E-state index in [1.165, 1.54) is 31.5 Å². The standard InChI is InChI=1S/C25H29N3O3S.C23H27FN4O3.C23H26N4O4S.C22H25N3O3S/c1-16(2)28-20-11-18(21(29)12-24(3)14-32(30,31)15-24)13-26-23(20)22(27-28)17-6-5-7-19(10-17)25(4)8-9-25;1-13(2)28-19-8-16(21(30)9-15-5-4-6-20(15)29)11-26-23(19)22(27-28)17-7-18(12-25-10-17)31-14(3)24;1-14(2)27-19-7-15(20(28)8-23(3)12-32(29,30)13-23)10-25-22(19)21(26-27)16-6-18(11-24-9-16)31-17-4-5-17;1-14(2)25-18-9-17(19(26)10-22(4)12-29(27,28)13-22)11-23-21(18)20(24-25)16-7-5-6-15(3)8-16/h5-7,10-11,13,16H,8-9,12,14-15H2,1-4H3;7-8,10-15,20,29H,4-6,9H2,1-3H3;6-7,9-11,14,17H,4-5,8,12-13H2,1-3H3;5-9,11,14H,10,12-13H2,1-4H3/t;14?,15-,20-;;/m.1../s1. The van der Waals surface area contributed by atoms with Crippen molar-refractivity contribution >= 4 is 96.8 Å². The molecule has 2 aromatic carbocycles. The van der Waals surface area contributed by atoms with E-state index in [9.17, 15) is 53.9 Å². The molecule has 31 heteroatoms. The minimum Gasteiger partial charge on any atom is -0.489 e. The highest BCUT2D eigenvalue weighted by Crippen LogP contribution is 2.49. The highest BCUT2D eigenvalue weighted by molar-refractivity contribution is 7.93. The lowest BCUT2D eigenvalue weighted by Gasteiger charge is -2.37. The number of aliphatic hydroxyl groups excluding tert-OH is 1. The zero-order chi connectivity index (χ0) is 88.7. The molecule has 1 unspecified atom stereocenters. The predicted octanol–water partition coefficient (Wildman–Crippen LogP) is 16.9. The Morgan fingerprint density at radius 2 is 0.815 bits per heavy atom. The molecular formula is C93H107FN14O13S3. The summed E-state index contributed by atoms with van der Waals surface area (Å²) in [6.45, 7) is 27.5. The Balaban J connectivity index is 0.000000128. The van der Waals surface area contributed by atoms with Crippen molar-refractivity contribution in [2.75, 3.05) is 34.5 Å². The quantitative estimate of drug-likeness (QED) is 0.0519. The van der Waals surface area contributed by atoms with Crippen molar-refractivity contribution in [2.24, 2.45) is 22.2 Å². The molecule has 27 nitrogen and oxygen atoms in total. The van der Waals surface area contributed by atoms with E-state index in [4.69, 9.17) is 29.9 Å². The lowest BCUT2D eigenvalue weighted by molar-refractivity contribution is 0.0854. The van der Waals surface area contributed by atoms with Crippen molar-refractivity contribution in [3.63, 3.8) is 0 Å². The molecule has 13 heterocycles. The molecule has 3 aliphatic heterocycles. The molecule has 124 heavy (non-hydrogen) atoms. The fraction of sp³-hybridized carbons (Fsp3) is 0.462. The Hall–Kier alpha value is -10.8. The summed E-state index contributed by atoms with van der Waals surface area (Å²) in [5.41, 5.74) is 15.7. The topological polar surface area (TPSA) is 358 Å². The molecule has 12 aromatic rings. The summed E-state index contributed by atoms with van der Waals surface area (Å²) in [6.07, 6.45) is 19.4. The van der Waals surface area contributed by atoms with Crippen LogP contribution >= 0.6 is 0 Å². The first-order chi connectivity index (χ1) is 58.5. The van der Waals surface area contributed by atoms with Crippen molar-refractivity contribution in [3.8, 4) is 56.5 Å². The summed E-state index contributed by atoms with van der Waals surface area (Å²) in [4.78, 5) is 78.5. The summed E-state index contributed by atoms with van der Waals surface area (Å²) < 4.78 is 101. The summed E-state index contributed by atoms with van der Waals surface area (Å²) in [5, 5.41) is 29.2. The van der Waals surface area contributed by atoms with Gasteiger partial charge >= 0.3 is 0 Å². The van der Waals surface area contributed by atoms with Crippen LogP contribution in [-0.4, -0.2) is 176 Å². The van der Waals surface area contributed by atoms with Crippen LogP contribution in [0.25, 0.3) is 89.2 Å². The number of rotatable bonds is 25. The SMILES string of the molecule is CC(C)n1nc(-c2cccc(C3(C)CC3)c2)c2ncc(C(=O)CC3(C)CS(=O)(=O)C3)cc21.CC(C)n1nc(-c2cncc(OC3CC3)c2)c2ncc(C(=O)CC3(C)CS(=O)(=O)C3)cc21.CC(F)Oc1cncc(-c2nn(C(C)C)c3cc(C(=O)C[C@H]4CCC[C@H]4O)cnc23)c1.Cc1cccc(-c2nn(C(C)C)c3cc(C(=O)CC4(C)CS(=O)(=O)C4)cnc23)c1. The molecule has 6 aliphatic rings. The van der Waals surface area contributed by atoms with Gasteiger partial charge in [-0.05, 0) is 166 Å². The number of halogens is 1. The monoisotopic (exact) mass is 1740 g/mol. The number of sulfone groups is 3. The van der Waals surface area contributed by atoms with Gasteiger partial charge in [-0.1, -0.05) is 76.1 Å². The number of aliphatic hydroxyl groups is 1. The molecule has 10 aromatic heterocycles. The van der Waals surface area contributed by atoms with Gasteiger partial charge in [0.1, 0.15) is 56.3 Å². The number of carbonyl (C=O) groups is 4. The average Bonchev–Trinajstić information content (AvgIpc) is 1.18. The van der Waals surface area contributed by atoms with Crippen LogP contribution in [0.2, 0.25) is 0 Å². The molecular weight excluding hydrogens is 1640 g/mol. The molecule has 0 amide bonds. The molecule has 3 aliphatic carbocycles. The third kappa shape index (κ3) is 19.4. The van der Waals surface area contributed by atoms with Crippen molar-refractivity contribution < 1.29 is 63.4 Å². The Labute approximate surface area is 721 Å². The van der Waals surface area contributed by atoms with E-state index in [1.54, 1.807) is 49.4 Å². The van der Waals surface area contributed by atoms with Gasteiger partial charge in [0.25, 0.3) is 0 Å². The van der Waals surface area contributed by atoms with Gasteiger partial charge in [-0.25, -0.2) is 29.6 Å². The zero-order valence-corrected chi connectivity index (χ0v) is 75.0. The number of aryl methyl sites for hydroxylation is 1. The normalized spacial score (nSPS) is 19.2. The highest BCUT2D eigenvalue weighted by Gasteiger charge is 2.49. The first-order valence-electron chi connectivity index (χ1n) is 42.5. The number of benzene rings is 2. The van der Waals surface area contributed by atoms with Crippen LogP contribution in [-0.2, 0) is 34.9 Å². The zero-order valence-electron chi connectivity index (χ0n) is 72.6. The van der Waals surface area contributed by atoms with Crippen LogP contribution in [0.5, 0.6) is 11.5 Å². The third-order valence-electron chi connectivity index (χ3n) is 23.9. The number of pyridine rings is 6. The number of carbonyl (C=O) groups excluding carboxylic acids is 4. The molecule has 652 valence electrons. The minimum atomic E-state index is -3.00. The number of ether oxygens (including phenoxy) is 2. The van der Waals surface area contributed by atoms with E-state index in [0.717, 1.165) is 98.8 Å². The Kier molecular flexibility index (Phi) is 24.1. The number of ketones is 4. The second kappa shape index (κ2) is 34.0. The van der Waals surface area contributed by atoms with E-state index in [1.807, 2.05) is 136 Å². The predicted molar refractivity (Wildman–Crippen MR) is 475 cm³/mol. The summed E-state index contributed by atoms with van der Waals surface area (Å²) in [5.74, 6) is 1.17. The van der Waals surface area contributed by atoms with Crippen molar-refractivity contribution in [2.45, 2.75) is 216 Å². The van der Waals surface area contributed by atoms with E-state index < -0.39 is 58.2 Å². The first-order valence-corrected chi connectivity index (χ1v) is 48.0. The van der Waals surface area contributed by atoms with E-state index in [2.05, 4.69) is 81.0 Å². The smallest absolute Gasteiger partial charge is 0.235 e. The molecule has 3 atom stereocenters. The lowest BCUT2D eigenvalue weighted by atomic mass is 9.86. The van der Waals surface area contributed by atoms with Gasteiger partial charge in [0.2, 0.25) is 6.36 Å². The number of hydrogen-bond acceptors (Lipinski definition) is 23. The van der Waals surface area contributed by atoms with Gasteiger partial charge < -0.3 is 14.6 Å². The number of fused-ring (bicyclic) bond motifs is 4. The van der Waals surface area contributed by atoms with Gasteiger partial charge in [0, 0.05) is 155 Å². The van der Waals surface area contributed by atoms with Crippen LogP contribution in [0.1, 0.15) is 237 Å². The third-order valence-corrected chi connectivity index (χ3v) is 30.7.